The van der Waals surface area contributed by atoms with Gasteiger partial charge in [0.05, 0.1) is 6.10 Å². The van der Waals surface area contributed by atoms with Gasteiger partial charge in [-0.25, -0.2) is 0 Å². The smallest absolute Gasteiger partial charge is 0.270 e. The highest BCUT2D eigenvalue weighted by Gasteiger charge is 2.14. The molecule has 0 saturated carbocycles. The van der Waals surface area contributed by atoms with Crippen molar-refractivity contribution in [1.29, 1.82) is 0 Å². The largest absolute Gasteiger partial charge is 0.387 e. The van der Waals surface area contributed by atoms with Crippen LogP contribution in [0.4, 0.5) is 0 Å². The molecule has 0 spiro atoms. The first-order valence-electron chi connectivity index (χ1n) is 8.36. The Balaban J connectivity index is 1.51. The molecule has 4 aromatic rings. The third kappa shape index (κ3) is 3.12. The van der Waals surface area contributed by atoms with Gasteiger partial charge in [0.1, 0.15) is 5.69 Å². The van der Waals surface area contributed by atoms with Crippen LogP contribution >= 0.6 is 0 Å². The molecule has 0 aliphatic rings. The van der Waals surface area contributed by atoms with E-state index < -0.39 is 6.10 Å². The van der Waals surface area contributed by atoms with E-state index in [0.717, 1.165) is 21.7 Å². The molecular weight excluding hydrogens is 326 g/mol. The van der Waals surface area contributed by atoms with Crippen molar-refractivity contribution in [2.75, 3.05) is 6.54 Å². The van der Waals surface area contributed by atoms with E-state index >= 15 is 0 Å². The van der Waals surface area contributed by atoms with E-state index in [9.17, 15) is 9.90 Å². The van der Waals surface area contributed by atoms with Crippen molar-refractivity contribution in [2.45, 2.75) is 6.10 Å². The Morgan fingerprint density at radius 2 is 1.81 bits per heavy atom. The average molecular weight is 343 g/mol. The van der Waals surface area contributed by atoms with Crippen LogP contribution in [-0.4, -0.2) is 27.5 Å². The van der Waals surface area contributed by atoms with E-state index in [-0.39, 0.29) is 12.5 Å². The van der Waals surface area contributed by atoms with Crippen LogP contribution in [0.3, 0.4) is 0 Å². The van der Waals surface area contributed by atoms with Crippen LogP contribution in [0.5, 0.6) is 0 Å². The van der Waals surface area contributed by atoms with Gasteiger partial charge < -0.3 is 10.4 Å². The van der Waals surface area contributed by atoms with Gasteiger partial charge in [-0.15, -0.1) is 0 Å². The Hall–Kier alpha value is -3.31. The highest BCUT2D eigenvalue weighted by atomic mass is 16.3. The average Bonchev–Trinajstić information content (AvgIpc) is 2.71. The number of aliphatic hydroxyl groups excluding tert-OH is 1. The lowest BCUT2D eigenvalue weighted by Crippen LogP contribution is -2.29. The van der Waals surface area contributed by atoms with Crippen molar-refractivity contribution >= 4 is 27.5 Å². The van der Waals surface area contributed by atoms with Crippen LogP contribution in [0.2, 0.25) is 0 Å². The van der Waals surface area contributed by atoms with Crippen molar-refractivity contribution in [1.82, 2.24) is 15.3 Å². The zero-order chi connectivity index (χ0) is 17.9. The number of benzene rings is 2. The second-order valence-corrected chi connectivity index (χ2v) is 6.09. The van der Waals surface area contributed by atoms with Crippen LogP contribution in [0.15, 0.2) is 73.2 Å². The van der Waals surface area contributed by atoms with E-state index in [1.165, 1.54) is 0 Å². The Kier molecular flexibility index (Phi) is 4.29. The number of hydrogen-bond donors (Lipinski definition) is 2. The molecule has 2 N–H and O–H groups in total. The lowest BCUT2D eigenvalue weighted by Gasteiger charge is -2.13. The van der Waals surface area contributed by atoms with Gasteiger partial charge in [-0.05, 0) is 39.9 Å². The number of carbonyl (C=O) groups excluding carboxylic acids is 1. The normalized spacial score (nSPS) is 12.2. The number of nitrogens with zero attached hydrogens (tertiary/aromatic N) is 2. The molecule has 2 aromatic heterocycles. The van der Waals surface area contributed by atoms with Gasteiger partial charge >= 0.3 is 0 Å². The molecule has 128 valence electrons. The zero-order valence-electron chi connectivity index (χ0n) is 14.0. The van der Waals surface area contributed by atoms with Gasteiger partial charge in [-0.2, -0.15) is 0 Å². The maximum Gasteiger partial charge on any atom is 0.270 e. The molecule has 0 fully saturated rings. The summed E-state index contributed by atoms with van der Waals surface area (Å²) >= 11 is 0. The molecule has 2 aromatic carbocycles. The minimum atomic E-state index is -0.795. The molecule has 0 saturated heterocycles. The highest BCUT2D eigenvalue weighted by molar-refractivity contribution is 6.04. The first-order chi connectivity index (χ1) is 12.7. The number of pyridine rings is 2. The standard InChI is InChI=1S/C21H17N3O2/c25-19(17-6-5-14-3-1-2-4-16(14)11-17)13-24-21(26)20-18-12-22-9-7-15(18)8-10-23-20/h1-12,19,25H,13H2,(H,24,26). The fourth-order valence-corrected chi connectivity index (χ4v) is 3.00. The minimum absolute atomic E-state index is 0.107. The van der Waals surface area contributed by atoms with E-state index in [4.69, 9.17) is 0 Å². The van der Waals surface area contributed by atoms with Crippen LogP contribution < -0.4 is 5.32 Å². The summed E-state index contributed by atoms with van der Waals surface area (Å²) in [5.41, 5.74) is 1.07. The first kappa shape index (κ1) is 16.2. The molecule has 1 amide bonds. The zero-order valence-corrected chi connectivity index (χ0v) is 14.0. The molecule has 5 heteroatoms. The summed E-state index contributed by atoms with van der Waals surface area (Å²) in [6, 6.07) is 17.4. The Labute approximate surface area is 150 Å². The van der Waals surface area contributed by atoms with Crippen LogP contribution in [0.1, 0.15) is 22.2 Å². The van der Waals surface area contributed by atoms with Crippen molar-refractivity contribution in [3.63, 3.8) is 0 Å². The molecule has 2 heterocycles. The molecular formula is C21H17N3O2. The Morgan fingerprint density at radius 1 is 1.00 bits per heavy atom. The first-order valence-corrected chi connectivity index (χ1v) is 8.36. The summed E-state index contributed by atoms with van der Waals surface area (Å²) in [5, 5.41) is 16.9. The number of aliphatic hydroxyl groups is 1. The predicted octanol–water partition coefficient (Wildman–Crippen LogP) is 3.25. The quantitative estimate of drug-likeness (QED) is 0.596. The summed E-state index contributed by atoms with van der Waals surface area (Å²) in [6.07, 6.45) is 4.10. The predicted molar refractivity (Wildman–Crippen MR) is 101 cm³/mol. The number of amides is 1. The molecule has 26 heavy (non-hydrogen) atoms. The van der Waals surface area contributed by atoms with E-state index in [1.54, 1.807) is 18.6 Å². The topological polar surface area (TPSA) is 75.1 Å². The molecule has 5 nitrogen and oxygen atoms in total. The number of carbonyl (C=O) groups is 1. The van der Waals surface area contributed by atoms with Crippen LogP contribution in [0, 0.1) is 0 Å². The van der Waals surface area contributed by atoms with E-state index in [1.807, 2.05) is 54.6 Å². The molecule has 0 aliphatic heterocycles. The number of nitrogens with one attached hydrogen (secondary N) is 1. The lowest BCUT2D eigenvalue weighted by atomic mass is 10.0. The molecule has 1 unspecified atom stereocenters. The second-order valence-electron chi connectivity index (χ2n) is 6.09. The van der Waals surface area contributed by atoms with Crippen LogP contribution in [-0.2, 0) is 0 Å². The number of hydrogen-bond acceptors (Lipinski definition) is 4. The molecule has 0 aliphatic carbocycles. The Morgan fingerprint density at radius 3 is 2.69 bits per heavy atom. The molecule has 1 atom stereocenters. The third-order valence-electron chi connectivity index (χ3n) is 4.40. The molecule has 0 radical (unpaired) electrons. The van der Waals surface area contributed by atoms with Crippen molar-refractivity contribution < 1.29 is 9.90 Å². The van der Waals surface area contributed by atoms with Gasteiger partial charge in [0.2, 0.25) is 0 Å². The lowest BCUT2D eigenvalue weighted by molar-refractivity contribution is 0.0913. The van der Waals surface area contributed by atoms with Crippen molar-refractivity contribution in [3.8, 4) is 0 Å². The van der Waals surface area contributed by atoms with Gasteiger partial charge in [0.15, 0.2) is 0 Å². The number of fused-ring (bicyclic) bond motifs is 2. The SMILES string of the molecule is O=C(NCC(O)c1ccc2ccccc2c1)c1nccc2ccncc12. The van der Waals surface area contributed by atoms with Gasteiger partial charge in [0, 0.05) is 30.5 Å². The van der Waals surface area contributed by atoms with Gasteiger partial charge in [-0.3, -0.25) is 14.8 Å². The maximum absolute atomic E-state index is 12.5. The summed E-state index contributed by atoms with van der Waals surface area (Å²) in [7, 11) is 0. The van der Waals surface area contributed by atoms with Crippen molar-refractivity contribution in [3.05, 3.63) is 84.4 Å². The van der Waals surface area contributed by atoms with Crippen LogP contribution in [0.25, 0.3) is 21.5 Å². The van der Waals surface area contributed by atoms with Gasteiger partial charge in [0.25, 0.3) is 5.91 Å². The van der Waals surface area contributed by atoms with Gasteiger partial charge in [-0.1, -0.05) is 36.4 Å². The van der Waals surface area contributed by atoms with E-state index in [2.05, 4.69) is 15.3 Å². The number of aromatic nitrogens is 2. The summed E-state index contributed by atoms with van der Waals surface area (Å²) in [4.78, 5) is 20.7. The Bertz CT molecular complexity index is 1090. The maximum atomic E-state index is 12.5. The molecule has 4 rings (SSSR count). The highest BCUT2D eigenvalue weighted by Crippen LogP contribution is 2.20. The van der Waals surface area contributed by atoms with Crippen molar-refractivity contribution in [2.24, 2.45) is 0 Å². The second kappa shape index (κ2) is 6.90. The molecule has 0 bridgehead atoms. The summed E-state index contributed by atoms with van der Waals surface area (Å²) < 4.78 is 0. The number of rotatable bonds is 4. The van der Waals surface area contributed by atoms with E-state index in [0.29, 0.717) is 11.1 Å². The fourth-order valence-electron chi connectivity index (χ4n) is 3.00. The summed E-state index contributed by atoms with van der Waals surface area (Å²) in [5.74, 6) is -0.330. The monoisotopic (exact) mass is 343 g/mol. The third-order valence-corrected chi connectivity index (χ3v) is 4.40. The minimum Gasteiger partial charge on any atom is -0.387 e. The fraction of sp³-hybridized carbons (Fsp3) is 0.0952. The summed E-state index contributed by atoms with van der Waals surface area (Å²) in [6.45, 7) is 0.107.